The average Bonchev–Trinajstić information content (AvgIpc) is 2.82. The molecule has 0 aromatic heterocycles. The first kappa shape index (κ1) is 11.7. The van der Waals surface area contributed by atoms with Gasteiger partial charge in [-0.1, -0.05) is 12.1 Å². The first-order valence-electron chi connectivity index (χ1n) is 5.07. The van der Waals surface area contributed by atoms with Crippen LogP contribution in [0.4, 0.5) is 0 Å². The molecule has 1 saturated carbocycles. The van der Waals surface area contributed by atoms with Gasteiger partial charge < -0.3 is 4.74 Å². The second kappa shape index (κ2) is 3.94. The predicted molar refractivity (Wildman–Crippen MR) is 64.1 cm³/mol. The second-order valence-electron chi connectivity index (χ2n) is 4.21. The number of ether oxygens (including phenoxy) is 1. The number of carbonyl (C=O) groups excluding carboxylic acids is 1. The predicted octanol–water partition coefficient (Wildman–Crippen LogP) is 3.40. The van der Waals surface area contributed by atoms with Crippen LogP contribution in [0.25, 0.3) is 0 Å². The number of hydrogen-bond acceptors (Lipinski definition) is 2. The highest BCUT2D eigenvalue weighted by molar-refractivity contribution is 6.52. The van der Waals surface area contributed by atoms with Crippen LogP contribution >= 0.6 is 23.2 Å². The maximum atomic E-state index is 11.7. The molecular formula is C12H12Cl2O2. The maximum Gasteiger partial charge on any atom is 0.317 e. The average molecular weight is 259 g/mol. The number of rotatable bonds is 2. The molecule has 0 heterocycles. The van der Waals surface area contributed by atoms with E-state index in [9.17, 15) is 4.79 Å². The summed E-state index contributed by atoms with van der Waals surface area (Å²) in [5.74, 6) is -0.157. The van der Waals surface area contributed by atoms with Crippen LogP contribution in [0, 0.1) is 19.8 Å². The number of benzene rings is 1. The Labute approximate surface area is 104 Å². The van der Waals surface area contributed by atoms with Gasteiger partial charge in [-0.05, 0) is 37.5 Å². The van der Waals surface area contributed by atoms with Gasteiger partial charge in [0.25, 0.3) is 0 Å². The third kappa shape index (κ3) is 2.33. The highest BCUT2D eigenvalue weighted by Crippen LogP contribution is 2.53. The zero-order chi connectivity index (χ0) is 11.9. The van der Waals surface area contributed by atoms with Crippen LogP contribution in [0.5, 0.6) is 5.75 Å². The molecule has 2 rings (SSSR count). The normalized spacial score (nSPS) is 21.6. The lowest BCUT2D eigenvalue weighted by molar-refractivity contribution is -0.135. The van der Waals surface area contributed by atoms with Gasteiger partial charge in [0.2, 0.25) is 0 Å². The SMILES string of the molecule is Cc1ccc(C)c(OC(=O)C2CC2(Cl)Cl)c1. The third-order valence-corrected chi connectivity index (χ3v) is 3.50. The van der Waals surface area contributed by atoms with Gasteiger partial charge in [-0.2, -0.15) is 0 Å². The van der Waals surface area contributed by atoms with Crippen molar-refractivity contribution in [3.8, 4) is 5.75 Å². The largest absolute Gasteiger partial charge is 0.426 e. The van der Waals surface area contributed by atoms with Gasteiger partial charge in [0.05, 0.1) is 5.92 Å². The Morgan fingerprint density at radius 3 is 2.62 bits per heavy atom. The molecular weight excluding hydrogens is 247 g/mol. The zero-order valence-corrected chi connectivity index (χ0v) is 10.6. The summed E-state index contributed by atoms with van der Waals surface area (Å²) in [5, 5.41) is 0. The Morgan fingerprint density at radius 1 is 1.44 bits per heavy atom. The monoisotopic (exact) mass is 258 g/mol. The molecule has 0 amide bonds. The molecule has 1 atom stereocenters. The van der Waals surface area contributed by atoms with Crippen molar-refractivity contribution >= 4 is 29.2 Å². The molecule has 2 nitrogen and oxygen atoms in total. The number of hydrogen-bond donors (Lipinski definition) is 0. The second-order valence-corrected chi connectivity index (χ2v) is 5.75. The summed E-state index contributed by atoms with van der Waals surface area (Å²) >= 11 is 11.6. The molecule has 0 spiro atoms. The molecule has 1 aromatic rings. The minimum Gasteiger partial charge on any atom is -0.426 e. The minimum absolute atomic E-state index is 0.348. The van der Waals surface area contributed by atoms with E-state index in [0.29, 0.717) is 12.2 Å². The molecule has 0 radical (unpaired) electrons. The summed E-state index contributed by atoms with van der Waals surface area (Å²) in [7, 11) is 0. The maximum absolute atomic E-state index is 11.7. The van der Waals surface area contributed by atoms with Crippen molar-refractivity contribution in [1.29, 1.82) is 0 Å². The fraction of sp³-hybridized carbons (Fsp3) is 0.417. The third-order valence-electron chi connectivity index (χ3n) is 2.66. The van der Waals surface area contributed by atoms with Crippen LogP contribution < -0.4 is 4.74 Å². The van der Waals surface area contributed by atoms with Gasteiger partial charge in [0.1, 0.15) is 10.1 Å². The Hall–Kier alpha value is -0.730. The van der Waals surface area contributed by atoms with Crippen molar-refractivity contribution in [2.45, 2.75) is 24.6 Å². The van der Waals surface area contributed by atoms with Gasteiger partial charge in [0, 0.05) is 0 Å². The van der Waals surface area contributed by atoms with E-state index in [4.69, 9.17) is 27.9 Å². The van der Waals surface area contributed by atoms with Crippen molar-refractivity contribution in [3.05, 3.63) is 29.3 Å². The molecule has 0 aliphatic heterocycles. The topological polar surface area (TPSA) is 26.3 Å². The fourth-order valence-electron chi connectivity index (χ4n) is 1.47. The van der Waals surface area contributed by atoms with Crippen molar-refractivity contribution in [1.82, 2.24) is 0 Å². The first-order valence-corrected chi connectivity index (χ1v) is 5.82. The summed E-state index contributed by atoms with van der Waals surface area (Å²) in [6.45, 7) is 3.84. The van der Waals surface area contributed by atoms with Crippen LogP contribution in [0.15, 0.2) is 18.2 Å². The van der Waals surface area contributed by atoms with Crippen LogP contribution in [0.1, 0.15) is 17.5 Å². The molecule has 0 N–H and O–H groups in total. The van der Waals surface area contributed by atoms with E-state index in [1.807, 2.05) is 32.0 Å². The standard InChI is InChI=1S/C12H12Cl2O2/c1-7-3-4-8(2)10(5-7)16-11(15)9-6-12(9,13)14/h3-5,9H,6H2,1-2H3. The lowest BCUT2D eigenvalue weighted by Crippen LogP contribution is -2.14. The number of alkyl halides is 2. The number of halogens is 2. The van der Waals surface area contributed by atoms with Crippen LogP contribution in [0.3, 0.4) is 0 Å². The fourth-order valence-corrected chi connectivity index (χ4v) is 1.95. The van der Waals surface area contributed by atoms with Gasteiger partial charge in [0.15, 0.2) is 0 Å². The molecule has 1 unspecified atom stereocenters. The van der Waals surface area contributed by atoms with E-state index in [-0.39, 0.29) is 5.97 Å². The molecule has 1 aliphatic carbocycles. The Bertz CT molecular complexity index is 441. The number of aryl methyl sites for hydroxylation is 2. The highest BCUT2D eigenvalue weighted by atomic mass is 35.5. The summed E-state index contributed by atoms with van der Waals surface area (Å²) < 4.78 is 4.36. The van der Waals surface area contributed by atoms with E-state index in [2.05, 4.69) is 0 Å². The van der Waals surface area contributed by atoms with Gasteiger partial charge in [-0.3, -0.25) is 4.79 Å². The molecule has 1 fully saturated rings. The van der Waals surface area contributed by atoms with Crippen LogP contribution in [-0.2, 0) is 4.79 Å². The van der Waals surface area contributed by atoms with E-state index in [0.717, 1.165) is 11.1 Å². The number of carbonyl (C=O) groups is 1. The van der Waals surface area contributed by atoms with E-state index < -0.39 is 10.3 Å². The molecule has 86 valence electrons. The molecule has 1 aromatic carbocycles. The smallest absolute Gasteiger partial charge is 0.317 e. The first-order chi connectivity index (χ1) is 7.40. The van der Waals surface area contributed by atoms with Crippen molar-refractivity contribution in [2.75, 3.05) is 0 Å². The molecule has 0 saturated heterocycles. The quantitative estimate of drug-likeness (QED) is 0.462. The lowest BCUT2D eigenvalue weighted by Gasteiger charge is -2.08. The van der Waals surface area contributed by atoms with Crippen LogP contribution in [0.2, 0.25) is 0 Å². The summed E-state index contributed by atoms with van der Waals surface area (Å²) in [6.07, 6.45) is 0.472. The molecule has 16 heavy (non-hydrogen) atoms. The summed E-state index contributed by atoms with van der Waals surface area (Å²) in [4.78, 5) is 11.7. The van der Waals surface area contributed by atoms with Gasteiger partial charge >= 0.3 is 5.97 Å². The van der Waals surface area contributed by atoms with E-state index in [1.165, 1.54) is 0 Å². The van der Waals surface area contributed by atoms with Gasteiger partial charge in [-0.15, -0.1) is 23.2 Å². The minimum atomic E-state index is -0.922. The van der Waals surface area contributed by atoms with Crippen molar-refractivity contribution in [3.63, 3.8) is 0 Å². The Kier molecular flexibility index (Phi) is 2.89. The number of esters is 1. The zero-order valence-electron chi connectivity index (χ0n) is 9.09. The van der Waals surface area contributed by atoms with E-state index in [1.54, 1.807) is 0 Å². The van der Waals surface area contributed by atoms with Crippen molar-refractivity contribution < 1.29 is 9.53 Å². The molecule has 4 heteroatoms. The summed E-state index contributed by atoms with van der Waals surface area (Å²) in [5.41, 5.74) is 1.97. The van der Waals surface area contributed by atoms with E-state index >= 15 is 0 Å². The lowest BCUT2D eigenvalue weighted by atomic mass is 10.1. The van der Waals surface area contributed by atoms with Crippen molar-refractivity contribution in [2.24, 2.45) is 5.92 Å². The molecule has 1 aliphatic rings. The summed E-state index contributed by atoms with van der Waals surface area (Å²) in [6, 6.07) is 5.72. The Morgan fingerprint density at radius 2 is 2.06 bits per heavy atom. The highest BCUT2D eigenvalue weighted by Gasteiger charge is 2.57. The molecule has 0 bridgehead atoms. The van der Waals surface area contributed by atoms with Crippen LogP contribution in [-0.4, -0.2) is 10.3 Å². The van der Waals surface area contributed by atoms with Gasteiger partial charge in [-0.25, -0.2) is 0 Å². The Balaban J connectivity index is 2.10.